The van der Waals surface area contributed by atoms with Crippen LogP contribution in [0.25, 0.3) is 21.9 Å². The molecular weight excluding hydrogens is 324 g/mol. The highest BCUT2D eigenvalue weighted by Crippen LogP contribution is 2.25. The average molecular weight is 333 g/mol. The molecule has 0 radical (unpaired) electrons. The SMILES string of the molecule is O=C(O)Cc1ccc2c(=O)c3cccc(Br)c3oc2c1. The third-order valence-electron chi connectivity index (χ3n) is 3.07. The molecule has 2 aromatic carbocycles. The second-order valence-electron chi connectivity index (χ2n) is 4.45. The molecule has 0 aliphatic rings. The van der Waals surface area contributed by atoms with Crippen molar-refractivity contribution in [3.05, 3.63) is 56.7 Å². The highest BCUT2D eigenvalue weighted by atomic mass is 79.9. The molecule has 0 aliphatic heterocycles. The summed E-state index contributed by atoms with van der Waals surface area (Å²) in [7, 11) is 0. The maximum absolute atomic E-state index is 12.4. The number of fused-ring (bicyclic) bond motifs is 2. The van der Waals surface area contributed by atoms with E-state index < -0.39 is 5.97 Å². The van der Waals surface area contributed by atoms with Gasteiger partial charge in [0.05, 0.1) is 21.7 Å². The van der Waals surface area contributed by atoms with E-state index in [-0.39, 0.29) is 11.8 Å². The molecular formula is C15H9BrO4. The Hall–Kier alpha value is -2.14. The van der Waals surface area contributed by atoms with Gasteiger partial charge < -0.3 is 9.52 Å². The zero-order valence-electron chi connectivity index (χ0n) is 10.2. The van der Waals surface area contributed by atoms with Crippen molar-refractivity contribution in [2.75, 3.05) is 0 Å². The molecule has 0 atom stereocenters. The molecule has 1 N–H and O–H groups in total. The van der Waals surface area contributed by atoms with Crippen molar-refractivity contribution in [2.24, 2.45) is 0 Å². The Morgan fingerprint density at radius 2 is 2.00 bits per heavy atom. The second-order valence-corrected chi connectivity index (χ2v) is 5.30. The summed E-state index contributed by atoms with van der Waals surface area (Å²) in [5, 5.41) is 9.76. The monoisotopic (exact) mass is 332 g/mol. The van der Waals surface area contributed by atoms with Gasteiger partial charge in [-0.2, -0.15) is 0 Å². The lowest BCUT2D eigenvalue weighted by molar-refractivity contribution is -0.136. The molecule has 5 heteroatoms. The first-order valence-corrected chi connectivity index (χ1v) is 6.71. The first kappa shape index (κ1) is 12.9. The molecule has 0 unspecified atom stereocenters. The number of rotatable bonds is 2. The first-order chi connectivity index (χ1) is 9.56. The summed E-state index contributed by atoms with van der Waals surface area (Å²) in [5.41, 5.74) is 1.34. The molecule has 0 spiro atoms. The van der Waals surface area contributed by atoms with Crippen LogP contribution in [0, 0.1) is 0 Å². The minimum atomic E-state index is -0.923. The minimum absolute atomic E-state index is 0.104. The highest BCUT2D eigenvalue weighted by molar-refractivity contribution is 9.10. The Balaban J connectivity index is 2.36. The van der Waals surface area contributed by atoms with Crippen LogP contribution < -0.4 is 5.43 Å². The maximum Gasteiger partial charge on any atom is 0.307 e. The molecule has 0 aliphatic carbocycles. The van der Waals surface area contributed by atoms with Crippen LogP contribution in [0.5, 0.6) is 0 Å². The van der Waals surface area contributed by atoms with Crippen LogP contribution in [-0.2, 0) is 11.2 Å². The number of benzene rings is 2. The lowest BCUT2D eigenvalue weighted by atomic mass is 10.1. The smallest absolute Gasteiger partial charge is 0.307 e. The molecule has 3 aromatic rings. The molecule has 0 saturated heterocycles. The fourth-order valence-corrected chi connectivity index (χ4v) is 2.62. The Kier molecular flexibility index (Phi) is 3.06. The third-order valence-corrected chi connectivity index (χ3v) is 3.69. The van der Waals surface area contributed by atoms with Gasteiger partial charge in [-0.25, -0.2) is 0 Å². The summed E-state index contributed by atoms with van der Waals surface area (Å²) in [4.78, 5) is 23.1. The van der Waals surface area contributed by atoms with Crippen LogP contribution in [0.2, 0.25) is 0 Å². The zero-order chi connectivity index (χ0) is 14.3. The van der Waals surface area contributed by atoms with Crippen LogP contribution in [0.4, 0.5) is 0 Å². The fraction of sp³-hybridized carbons (Fsp3) is 0.0667. The van der Waals surface area contributed by atoms with Crippen molar-refractivity contribution < 1.29 is 14.3 Å². The summed E-state index contributed by atoms with van der Waals surface area (Å²) in [6.45, 7) is 0. The number of para-hydroxylation sites is 1. The Morgan fingerprint density at radius 3 is 2.75 bits per heavy atom. The summed E-state index contributed by atoms with van der Waals surface area (Å²) >= 11 is 3.35. The third kappa shape index (κ3) is 2.10. The number of carboxylic acids is 1. The molecule has 0 saturated carbocycles. The van der Waals surface area contributed by atoms with Crippen LogP contribution >= 0.6 is 15.9 Å². The number of hydrogen-bond donors (Lipinski definition) is 1. The molecule has 3 rings (SSSR count). The highest BCUT2D eigenvalue weighted by Gasteiger charge is 2.11. The molecule has 0 amide bonds. The lowest BCUT2D eigenvalue weighted by Crippen LogP contribution is -2.04. The van der Waals surface area contributed by atoms with E-state index in [0.717, 1.165) is 0 Å². The quantitative estimate of drug-likeness (QED) is 0.731. The molecule has 0 bridgehead atoms. The molecule has 100 valence electrons. The van der Waals surface area contributed by atoms with Crippen molar-refractivity contribution in [1.29, 1.82) is 0 Å². The van der Waals surface area contributed by atoms with Crippen LogP contribution in [0.3, 0.4) is 0 Å². The lowest BCUT2D eigenvalue weighted by Gasteiger charge is -2.04. The number of hydrogen-bond acceptors (Lipinski definition) is 3. The molecule has 0 fully saturated rings. The van der Waals surface area contributed by atoms with Gasteiger partial charge in [0.2, 0.25) is 5.43 Å². The molecule has 4 nitrogen and oxygen atoms in total. The van der Waals surface area contributed by atoms with Crippen molar-refractivity contribution >= 4 is 43.8 Å². The standard InChI is InChI=1S/C15H9BrO4/c16-11-3-1-2-10-14(19)9-5-4-8(7-13(17)18)6-12(9)20-15(10)11/h1-6H,7H2,(H,17,18). The van der Waals surface area contributed by atoms with E-state index in [1.54, 1.807) is 36.4 Å². The molecule has 1 heterocycles. The topological polar surface area (TPSA) is 67.5 Å². The van der Waals surface area contributed by atoms with Crippen LogP contribution in [0.15, 0.2) is 50.1 Å². The first-order valence-electron chi connectivity index (χ1n) is 5.92. The molecule has 20 heavy (non-hydrogen) atoms. The predicted molar refractivity (Wildman–Crippen MR) is 79.0 cm³/mol. The zero-order valence-corrected chi connectivity index (χ0v) is 11.8. The number of carbonyl (C=O) groups is 1. The summed E-state index contributed by atoms with van der Waals surface area (Å²) < 4.78 is 6.43. The molecule has 1 aromatic heterocycles. The van der Waals surface area contributed by atoms with E-state index in [0.29, 0.717) is 32.0 Å². The summed E-state index contributed by atoms with van der Waals surface area (Å²) in [6, 6.07) is 10.1. The van der Waals surface area contributed by atoms with E-state index in [1.165, 1.54) is 0 Å². The number of halogens is 1. The van der Waals surface area contributed by atoms with E-state index in [9.17, 15) is 9.59 Å². The van der Waals surface area contributed by atoms with Gasteiger partial charge in [-0.05, 0) is 45.8 Å². The van der Waals surface area contributed by atoms with Gasteiger partial charge in [0.25, 0.3) is 0 Å². The van der Waals surface area contributed by atoms with E-state index in [4.69, 9.17) is 9.52 Å². The van der Waals surface area contributed by atoms with Gasteiger partial charge in [0.15, 0.2) is 5.58 Å². The minimum Gasteiger partial charge on any atom is -0.481 e. The van der Waals surface area contributed by atoms with Crippen LogP contribution in [-0.4, -0.2) is 11.1 Å². The average Bonchev–Trinajstić information content (AvgIpc) is 2.39. The van der Waals surface area contributed by atoms with Crippen molar-refractivity contribution in [3.8, 4) is 0 Å². The van der Waals surface area contributed by atoms with Gasteiger partial charge in [0, 0.05) is 0 Å². The van der Waals surface area contributed by atoms with E-state index in [1.807, 2.05) is 0 Å². The second kappa shape index (κ2) is 4.76. The number of aliphatic carboxylic acids is 1. The van der Waals surface area contributed by atoms with Crippen molar-refractivity contribution in [1.82, 2.24) is 0 Å². The van der Waals surface area contributed by atoms with Gasteiger partial charge in [-0.3, -0.25) is 9.59 Å². The Labute approximate surface area is 121 Å². The van der Waals surface area contributed by atoms with Gasteiger partial charge in [0.1, 0.15) is 5.58 Å². The van der Waals surface area contributed by atoms with Gasteiger partial charge in [-0.1, -0.05) is 12.1 Å². The van der Waals surface area contributed by atoms with Gasteiger partial charge in [-0.15, -0.1) is 0 Å². The Morgan fingerprint density at radius 1 is 1.20 bits per heavy atom. The number of carboxylic acid groups (broad SMARTS) is 1. The van der Waals surface area contributed by atoms with E-state index >= 15 is 0 Å². The predicted octanol–water partition coefficient (Wildman–Crippen LogP) is 3.34. The van der Waals surface area contributed by atoms with Crippen molar-refractivity contribution in [3.63, 3.8) is 0 Å². The van der Waals surface area contributed by atoms with Crippen LogP contribution in [0.1, 0.15) is 5.56 Å². The normalized spacial score (nSPS) is 11.1. The van der Waals surface area contributed by atoms with E-state index in [2.05, 4.69) is 15.9 Å². The van der Waals surface area contributed by atoms with Gasteiger partial charge >= 0.3 is 5.97 Å². The fourth-order valence-electron chi connectivity index (χ4n) is 2.17. The maximum atomic E-state index is 12.4. The summed E-state index contributed by atoms with van der Waals surface area (Å²) in [6.07, 6.45) is -0.104. The summed E-state index contributed by atoms with van der Waals surface area (Å²) in [5.74, 6) is -0.923. The van der Waals surface area contributed by atoms with Crippen molar-refractivity contribution in [2.45, 2.75) is 6.42 Å². The largest absolute Gasteiger partial charge is 0.481 e. The Bertz CT molecular complexity index is 895.